The summed E-state index contributed by atoms with van der Waals surface area (Å²) in [4.78, 5) is 31.2. The molecular formula is C22H27N3O3. The van der Waals surface area contributed by atoms with E-state index in [1.54, 1.807) is 36.4 Å². The summed E-state index contributed by atoms with van der Waals surface area (Å²) in [6, 6.07) is 10.4. The fourth-order valence-electron chi connectivity index (χ4n) is 3.17. The molecule has 28 heavy (non-hydrogen) atoms. The van der Waals surface area contributed by atoms with Gasteiger partial charge in [0.2, 0.25) is 0 Å². The predicted octanol–water partition coefficient (Wildman–Crippen LogP) is 3.99. The van der Waals surface area contributed by atoms with Crippen molar-refractivity contribution in [3.8, 4) is 5.75 Å². The number of rotatable bonds is 5. The Kier molecular flexibility index (Phi) is 6.29. The summed E-state index contributed by atoms with van der Waals surface area (Å²) in [6.07, 6.45) is 3.63. The first-order chi connectivity index (χ1) is 13.4. The number of aromatic nitrogens is 1. The summed E-state index contributed by atoms with van der Waals surface area (Å²) in [5.74, 6) is 1.01. The predicted molar refractivity (Wildman–Crippen MR) is 109 cm³/mol. The van der Waals surface area contributed by atoms with Gasteiger partial charge in [-0.15, -0.1) is 0 Å². The van der Waals surface area contributed by atoms with E-state index in [2.05, 4.69) is 17.2 Å². The number of likely N-dealkylation sites (tertiary alicyclic amines) is 1. The molecule has 1 fully saturated rings. The second-order valence-corrected chi connectivity index (χ2v) is 7.55. The van der Waals surface area contributed by atoms with Crippen LogP contribution in [0.15, 0.2) is 42.6 Å². The summed E-state index contributed by atoms with van der Waals surface area (Å²) in [5.41, 5.74) is 1.36. The maximum absolute atomic E-state index is 12.7. The first-order valence-corrected chi connectivity index (χ1v) is 9.76. The van der Waals surface area contributed by atoms with Crippen molar-refractivity contribution in [2.24, 2.45) is 5.92 Å². The first-order valence-electron chi connectivity index (χ1n) is 9.76. The van der Waals surface area contributed by atoms with Crippen molar-refractivity contribution < 1.29 is 14.3 Å². The number of piperidine rings is 1. The lowest BCUT2D eigenvalue weighted by Crippen LogP contribution is -2.38. The summed E-state index contributed by atoms with van der Waals surface area (Å²) < 4.78 is 5.60. The molecule has 0 radical (unpaired) electrons. The van der Waals surface area contributed by atoms with Gasteiger partial charge >= 0.3 is 0 Å². The van der Waals surface area contributed by atoms with Crippen molar-refractivity contribution in [1.82, 2.24) is 9.88 Å². The molecule has 1 aromatic heterocycles. The van der Waals surface area contributed by atoms with Crippen LogP contribution >= 0.6 is 0 Å². The molecular weight excluding hydrogens is 354 g/mol. The average molecular weight is 381 g/mol. The fraction of sp³-hybridized carbons (Fsp3) is 0.409. The number of amides is 2. The van der Waals surface area contributed by atoms with E-state index in [0.29, 0.717) is 17.2 Å². The normalized spacial score (nSPS) is 14.8. The van der Waals surface area contributed by atoms with Gasteiger partial charge < -0.3 is 15.0 Å². The minimum absolute atomic E-state index is 0.0430. The topological polar surface area (TPSA) is 71.5 Å². The molecule has 1 saturated heterocycles. The van der Waals surface area contributed by atoms with Crippen LogP contribution in [0.2, 0.25) is 0 Å². The van der Waals surface area contributed by atoms with Gasteiger partial charge in [0.05, 0.1) is 6.10 Å². The smallest absolute Gasteiger partial charge is 0.274 e. The molecule has 1 N–H and O–H groups in total. The number of carbonyl (C=O) groups is 2. The molecule has 3 rings (SSSR count). The molecule has 0 bridgehead atoms. The summed E-state index contributed by atoms with van der Waals surface area (Å²) >= 11 is 0. The van der Waals surface area contributed by atoms with Gasteiger partial charge in [-0.3, -0.25) is 14.6 Å². The van der Waals surface area contributed by atoms with Gasteiger partial charge in [-0.1, -0.05) is 6.92 Å². The number of pyridine rings is 1. The molecule has 1 aliphatic heterocycles. The van der Waals surface area contributed by atoms with Gasteiger partial charge in [0.1, 0.15) is 11.4 Å². The van der Waals surface area contributed by atoms with Crippen LogP contribution in [-0.2, 0) is 0 Å². The third kappa shape index (κ3) is 5.09. The molecule has 0 unspecified atom stereocenters. The fourth-order valence-corrected chi connectivity index (χ4v) is 3.17. The van der Waals surface area contributed by atoms with Gasteiger partial charge in [0.15, 0.2) is 0 Å². The van der Waals surface area contributed by atoms with Gasteiger partial charge in [0.25, 0.3) is 11.8 Å². The van der Waals surface area contributed by atoms with E-state index >= 15 is 0 Å². The minimum atomic E-state index is -0.348. The number of nitrogens with one attached hydrogen (secondary N) is 1. The van der Waals surface area contributed by atoms with E-state index in [-0.39, 0.29) is 23.6 Å². The Balaban J connectivity index is 1.66. The lowest BCUT2D eigenvalue weighted by molar-refractivity contribution is 0.0697. The number of hydrogen-bond acceptors (Lipinski definition) is 4. The second-order valence-electron chi connectivity index (χ2n) is 7.55. The molecule has 0 aliphatic carbocycles. The van der Waals surface area contributed by atoms with Gasteiger partial charge in [-0.05, 0) is 69.0 Å². The van der Waals surface area contributed by atoms with Gasteiger partial charge in [0, 0.05) is 30.5 Å². The van der Waals surface area contributed by atoms with E-state index in [1.807, 2.05) is 18.7 Å². The highest BCUT2D eigenvalue weighted by atomic mass is 16.5. The Hall–Kier alpha value is -2.89. The molecule has 0 saturated carbocycles. The van der Waals surface area contributed by atoms with Crippen molar-refractivity contribution >= 4 is 17.5 Å². The molecule has 1 aliphatic rings. The van der Waals surface area contributed by atoms with E-state index in [0.717, 1.165) is 31.7 Å². The van der Waals surface area contributed by atoms with E-state index in [4.69, 9.17) is 4.74 Å². The van der Waals surface area contributed by atoms with Crippen LogP contribution in [0.3, 0.4) is 0 Å². The molecule has 1 aromatic carbocycles. The first kappa shape index (κ1) is 19.9. The second kappa shape index (κ2) is 8.87. The van der Waals surface area contributed by atoms with E-state index in [9.17, 15) is 9.59 Å². The van der Waals surface area contributed by atoms with Crippen molar-refractivity contribution in [3.63, 3.8) is 0 Å². The zero-order valence-corrected chi connectivity index (χ0v) is 16.6. The number of carbonyl (C=O) groups excluding carboxylic acids is 2. The largest absolute Gasteiger partial charge is 0.491 e. The Bertz CT molecular complexity index is 825. The molecule has 2 aromatic rings. The van der Waals surface area contributed by atoms with Crippen LogP contribution in [0.1, 0.15) is 54.5 Å². The SMILES string of the molecule is CC1CCN(C(=O)c2ccnc(C(=O)Nc3ccc(OC(C)C)cc3)c2)CC1. The number of ether oxygens (including phenoxy) is 1. The number of hydrogen-bond donors (Lipinski definition) is 1. The Morgan fingerprint density at radius 3 is 2.46 bits per heavy atom. The highest BCUT2D eigenvalue weighted by Gasteiger charge is 2.22. The maximum Gasteiger partial charge on any atom is 0.274 e. The van der Waals surface area contributed by atoms with Crippen LogP contribution in [0.4, 0.5) is 5.69 Å². The van der Waals surface area contributed by atoms with Gasteiger partial charge in [-0.25, -0.2) is 0 Å². The molecule has 6 nitrogen and oxygen atoms in total. The third-order valence-electron chi connectivity index (χ3n) is 4.79. The van der Waals surface area contributed by atoms with E-state index in [1.165, 1.54) is 6.20 Å². The monoisotopic (exact) mass is 381 g/mol. The Labute approximate surface area is 165 Å². The average Bonchev–Trinajstić information content (AvgIpc) is 2.69. The van der Waals surface area contributed by atoms with Crippen LogP contribution < -0.4 is 10.1 Å². The van der Waals surface area contributed by atoms with Crippen LogP contribution in [-0.4, -0.2) is 40.9 Å². The molecule has 0 atom stereocenters. The summed E-state index contributed by atoms with van der Waals surface area (Å²) in [6.45, 7) is 7.64. The molecule has 6 heteroatoms. The number of nitrogens with zero attached hydrogens (tertiary/aromatic N) is 2. The van der Waals surface area contributed by atoms with Crippen molar-refractivity contribution in [2.75, 3.05) is 18.4 Å². The maximum atomic E-state index is 12.7. The molecule has 148 valence electrons. The Morgan fingerprint density at radius 1 is 1.14 bits per heavy atom. The summed E-state index contributed by atoms with van der Waals surface area (Å²) in [5, 5.41) is 2.81. The van der Waals surface area contributed by atoms with Crippen LogP contribution in [0.25, 0.3) is 0 Å². The van der Waals surface area contributed by atoms with Gasteiger partial charge in [-0.2, -0.15) is 0 Å². The lowest BCUT2D eigenvalue weighted by atomic mass is 9.98. The minimum Gasteiger partial charge on any atom is -0.491 e. The quantitative estimate of drug-likeness (QED) is 0.850. The molecule has 0 spiro atoms. The van der Waals surface area contributed by atoms with Crippen LogP contribution in [0.5, 0.6) is 5.75 Å². The van der Waals surface area contributed by atoms with E-state index < -0.39 is 0 Å². The zero-order valence-electron chi connectivity index (χ0n) is 16.6. The zero-order chi connectivity index (χ0) is 20.1. The highest BCUT2D eigenvalue weighted by molar-refractivity contribution is 6.04. The third-order valence-corrected chi connectivity index (χ3v) is 4.79. The standard InChI is InChI=1S/C22H27N3O3/c1-15(2)28-19-6-4-18(5-7-19)24-21(26)20-14-17(8-11-23-20)22(27)25-12-9-16(3)10-13-25/h4-8,11,14-16H,9-10,12-13H2,1-3H3,(H,24,26). The van der Waals surface area contributed by atoms with Crippen molar-refractivity contribution in [2.45, 2.75) is 39.7 Å². The molecule has 2 heterocycles. The van der Waals surface area contributed by atoms with Crippen molar-refractivity contribution in [3.05, 3.63) is 53.9 Å². The summed E-state index contributed by atoms with van der Waals surface area (Å²) in [7, 11) is 0. The number of benzene rings is 1. The molecule has 2 amide bonds. The number of anilines is 1. The Morgan fingerprint density at radius 2 is 1.82 bits per heavy atom. The van der Waals surface area contributed by atoms with Crippen molar-refractivity contribution in [1.29, 1.82) is 0 Å². The van der Waals surface area contributed by atoms with Crippen LogP contribution in [0, 0.1) is 5.92 Å². The lowest BCUT2D eigenvalue weighted by Gasteiger charge is -2.30. The highest BCUT2D eigenvalue weighted by Crippen LogP contribution is 2.19.